The average Bonchev–Trinajstić information content (AvgIpc) is 2.94. The Labute approximate surface area is 97.6 Å². The number of thioether (sulfide) groups is 1. The Morgan fingerprint density at radius 2 is 2.38 bits per heavy atom. The van der Waals surface area contributed by atoms with Gasteiger partial charge < -0.3 is 0 Å². The van der Waals surface area contributed by atoms with Gasteiger partial charge in [-0.15, -0.1) is 11.8 Å². The average molecular weight is 228 g/mol. The molecule has 4 aliphatic rings. The molecular formula is C12H10N3S+. The minimum Gasteiger partial charge on any atom is -0.264 e. The molecule has 78 valence electrons. The second-order valence-electron chi connectivity index (χ2n) is 4.12. The van der Waals surface area contributed by atoms with Gasteiger partial charge in [-0.2, -0.15) is 0 Å². The monoisotopic (exact) mass is 228 g/mol. The Kier molecular flexibility index (Phi) is 1.60. The number of hydrogen-bond acceptors (Lipinski definition) is 3. The van der Waals surface area contributed by atoms with Crippen LogP contribution in [0.2, 0.25) is 0 Å². The normalized spacial score (nSPS) is 33.0. The number of rotatable bonds is 1. The Morgan fingerprint density at radius 3 is 3.25 bits per heavy atom. The molecule has 4 rings (SSSR count). The molecule has 4 heteroatoms. The summed E-state index contributed by atoms with van der Waals surface area (Å²) in [7, 11) is 0. The van der Waals surface area contributed by atoms with E-state index in [4.69, 9.17) is 0 Å². The lowest BCUT2D eigenvalue weighted by Gasteiger charge is -2.00. The minimum atomic E-state index is 0.283. The van der Waals surface area contributed by atoms with Crippen LogP contribution in [0, 0.1) is 0 Å². The largest absolute Gasteiger partial charge is 0.280 e. The lowest BCUT2D eigenvalue weighted by atomic mass is 10.2. The van der Waals surface area contributed by atoms with E-state index in [1.54, 1.807) is 0 Å². The van der Waals surface area contributed by atoms with Gasteiger partial charge in [0.1, 0.15) is 6.20 Å². The third kappa shape index (κ3) is 1.10. The molecule has 16 heavy (non-hydrogen) atoms. The quantitative estimate of drug-likeness (QED) is 0.687. The van der Waals surface area contributed by atoms with Gasteiger partial charge in [-0.25, -0.2) is 4.58 Å². The van der Waals surface area contributed by atoms with Crippen molar-refractivity contribution in [3.05, 3.63) is 46.9 Å². The van der Waals surface area contributed by atoms with Crippen molar-refractivity contribution in [1.82, 2.24) is 5.32 Å². The summed E-state index contributed by atoms with van der Waals surface area (Å²) in [6.45, 7) is 0. The predicted molar refractivity (Wildman–Crippen MR) is 66.5 cm³/mol. The van der Waals surface area contributed by atoms with Crippen molar-refractivity contribution in [2.45, 2.75) is 11.3 Å². The van der Waals surface area contributed by atoms with Gasteiger partial charge in [-0.3, -0.25) is 10.3 Å². The van der Waals surface area contributed by atoms with Crippen molar-refractivity contribution < 1.29 is 4.58 Å². The van der Waals surface area contributed by atoms with Gasteiger partial charge in [0.15, 0.2) is 6.04 Å². The van der Waals surface area contributed by atoms with E-state index in [-0.39, 0.29) is 6.04 Å². The zero-order valence-electron chi connectivity index (χ0n) is 8.50. The fourth-order valence-electron chi connectivity index (χ4n) is 2.25. The summed E-state index contributed by atoms with van der Waals surface area (Å²) >= 11 is 1.85. The number of fused-ring (bicyclic) bond motifs is 2. The summed E-state index contributed by atoms with van der Waals surface area (Å²) in [5, 5.41) is 6.11. The van der Waals surface area contributed by atoms with Crippen LogP contribution in [0.25, 0.3) is 0 Å². The van der Waals surface area contributed by atoms with E-state index < -0.39 is 0 Å². The second-order valence-corrected chi connectivity index (χ2v) is 5.18. The third-order valence-electron chi connectivity index (χ3n) is 3.10. The second kappa shape index (κ2) is 2.98. The molecule has 0 aromatic heterocycles. The maximum Gasteiger partial charge on any atom is 0.280 e. The molecule has 0 amide bonds. The van der Waals surface area contributed by atoms with Gasteiger partial charge in [-0.05, 0) is 11.5 Å². The van der Waals surface area contributed by atoms with Crippen LogP contribution in [0.5, 0.6) is 0 Å². The number of nitrogens with zero attached hydrogens (tertiary/aromatic N) is 2. The highest BCUT2D eigenvalue weighted by Crippen LogP contribution is 2.32. The first-order chi connectivity index (χ1) is 7.90. The maximum atomic E-state index is 4.13. The van der Waals surface area contributed by atoms with Crippen molar-refractivity contribution in [1.29, 1.82) is 0 Å². The van der Waals surface area contributed by atoms with Gasteiger partial charge in [0, 0.05) is 23.4 Å². The van der Waals surface area contributed by atoms with Crippen LogP contribution in [0.15, 0.2) is 51.9 Å². The summed E-state index contributed by atoms with van der Waals surface area (Å²) < 4.78 is 2.18. The van der Waals surface area contributed by atoms with Crippen LogP contribution in [-0.4, -0.2) is 28.3 Å². The van der Waals surface area contributed by atoms with Crippen LogP contribution >= 0.6 is 11.8 Å². The van der Waals surface area contributed by atoms with Gasteiger partial charge >= 0.3 is 0 Å². The van der Waals surface area contributed by atoms with Crippen molar-refractivity contribution >= 4 is 24.2 Å². The molecule has 0 radical (unpaired) electrons. The number of hydrogen-bond donors (Lipinski definition) is 1. The summed E-state index contributed by atoms with van der Waals surface area (Å²) in [6.07, 6.45) is 12.7. The van der Waals surface area contributed by atoms with E-state index in [1.807, 2.05) is 24.2 Å². The van der Waals surface area contributed by atoms with Gasteiger partial charge in [0.2, 0.25) is 0 Å². The first kappa shape index (κ1) is 8.58. The smallest absolute Gasteiger partial charge is 0.264 e. The molecule has 0 aliphatic carbocycles. The maximum absolute atomic E-state index is 4.13. The molecule has 3 nitrogen and oxygen atoms in total. The Balaban J connectivity index is 1.68. The molecule has 0 fully saturated rings. The topological polar surface area (TPSA) is 27.4 Å². The first-order valence-electron chi connectivity index (χ1n) is 5.29. The molecule has 2 atom stereocenters. The van der Waals surface area contributed by atoms with Crippen LogP contribution < -0.4 is 5.32 Å². The van der Waals surface area contributed by atoms with Gasteiger partial charge in [-0.1, -0.05) is 0 Å². The van der Waals surface area contributed by atoms with E-state index in [0.29, 0.717) is 5.25 Å². The van der Waals surface area contributed by atoms with Gasteiger partial charge in [0.05, 0.1) is 17.7 Å². The highest BCUT2D eigenvalue weighted by molar-refractivity contribution is 8.03. The fourth-order valence-corrected chi connectivity index (χ4v) is 3.15. The number of allylic oxidation sites excluding steroid dienone is 1. The Hall–Kier alpha value is -1.55. The Bertz CT molecular complexity index is 549. The third-order valence-corrected chi connectivity index (χ3v) is 4.08. The molecule has 2 unspecified atom stereocenters. The molecule has 0 saturated heterocycles. The summed E-state index contributed by atoms with van der Waals surface area (Å²) in [4.78, 5) is 4.13. The molecule has 4 aliphatic heterocycles. The van der Waals surface area contributed by atoms with E-state index in [9.17, 15) is 0 Å². The highest BCUT2D eigenvalue weighted by atomic mass is 32.2. The van der Waals surface area contributed by atoms with Gasteiger partial charge in [0.25, 0.3) is 5.82 Å². The molecule has 0 aromatic carbocycles. The van der Waals surface area contributed by atoms with E-state index >= 15 is 0 Å². The van der Waals surface area contributed by atoms with Crippen molar-refractivity contribution in [2.75, 3.05) is 0 Å². The van der Waals surface area contributed by atoms with E-state index in [2.05, 4.69) is 44.9 Å². The lowest BCUT2D eigenvalue weighted by molar-refractivity contribution is -0.399. The number of nitrogens with one attached hydrogen (secondary N) is 1. The Morgan fingerprint density at radius 1 is 1.38 bits per heavy atom. The van der Waals surface area contributed by atoms with Crippen LogP contribution in [-0.2, 0) is 0 Å². The molecular weight excluding hydrogens is 218 g/mol. The van der Waals surface area contributed by atoms with Crippen LogP contribution in [0.3, 0.4) is 0 Å². The summed E-state index contributed by atoms with van der Waals surface area (Å²) in [5.41, 5.74) is 2.63. The summed E-state index contributed by atoms with van der Waals surface area (Å²) in [6, 6.07) is 0.283. The van der Waals surface area contributed by atoms with Crippen molar-refractivity contribution in [3.8, 4) is 0 Å². The van der Waals surface area contributed by atoms with E-state index in [0.717, 1.165) is 5.82 Å². The fraction of sp³-hybridized carbons (Fsp3) is 0.167. The van der Waals surface area contributed by atoms with Crippen molar-refractivity contribution in [3.63, 3.8) is 0 Å². The molecule has 0 bridgehead atoms. The molecule has 0 aromatic rings. The molecule has 0 spiro atoms. The molecule has 0 saturated carbocycles. The standard InChI is InChI=1S/C12H10N3S/c1-2-16-11-7-15(6-8(1)11)12-3-9-4-13-5-10(9)14-12/h1-7,10-11,14H/q+1. The first-order valence-corrected chi connectivity index (χ1v) is 6.23. The van der Waals surface area contributed by atoms with E-state index in [1.165, 1.54) is 11.1 Å². The zero-order chi connectivity index (χ0) is 10.5. The predicted octanol–water partition coefficient (Wildman–Crippen LogP) is 1.38. The minimum absolute atomic E-state index is 0.283. The van der Waals surface area contributed by atoms with Crippen LogP contribution in [0.1, 0.15) is 0 Å². The molecule has 4 heterocycles. The zero-order valence-corrected chi connectivity index (χ0v) is 9.32. The lowest BCUT2D eigenvalue weighted by Crippen LogP contribution is -2.27. The van der Waals surface area contributed by atoms with Crippen LogP contribution in [0.4, 0.5) is 0 Å². The summed E-state index contributed by atoms with van der Waals surface area (Å²) in [5.74, 6) is 1.15. The molecule has 1 N–H and O–H groups in total. The SMILES string of the molecule is C1=CC2=C[N+](C3=CC4=CN=CC4N3)=CC2S1. The highest BCUT2D eigenvalue weighted by Gasteiger charge is 2.33. The van der Waals surface area contributed by atoms with Crippen molar-refractivity contribution in [2.24, 2.45) is 4.99 Å². The number of aliphatic imine (C=N–C) groups is 1.